The van der Waals surface area contributed by atoms with Crippen LogP contribution >= 0.6 is 0 Å². The van der Waals surface area contributed by atoms with Gasteiger partial charge in [-0.25, -0.2) is 0 Å². The van der Waals surface area contributed by atoms with Crippen molar-refractivity contribution in [2.45, 2.75) is 0 Å². The molecule has 4 nitrogen and oxygen atoms in total. The first kappa shape index (κ1) is 57.2. The molecule has 0 radical (unpaired) electrons. The van der Waals surface area contributed by atoms with E-state index in [1.165, 1.54) is 120 Å². The smallest absolute Gasteiger partial charge is 0.0702 e. The topological polar surface area (TPSA) is 51.6 Å². The van der Waals surface area contributed by atoms with Crippen LogP contribution in [0.25, 0.3) is 176 Å². The average Bonchev–Trinajstić information content (AvgIpc) is 0.750. The summed E-state index contributed by atoms with van der Waals surface area (Å²) in [6.45, 7) is 0. The van der Waals surface area contributed by atoms with E-state index < -0.39 is 0 Å². The quantitative estimate of drug-likeness (QED) is 0.128. The molecule has 4 aromatic heterocycles. The van der Waals surface area contributed by atoms with Crippen LogP contribution in [0, 0.1) is 0 Å². The molecule has 0 aliphatic heterocycles. The van der Waals surface area contributed by atoms with E-state index in [9.17, 15) is 0 Å². The third-order valence-corrected chi connectivity index (χ3v) is 18.8. The normalized spacial score (nSPS) is 11.3. The molecule has 0 spiro atoms. The van der Waals surface area contributed by atoms with Crippen molar-refractivity contribution in [3.63, 3.8) is 0 Å². The van der Waals surface area contributed by atoms with Gasteiger partial charge in [-0.15, -0.1) is 0 Å². The van der Waals surface area contributed by atoms with Crippen LogP contribution in [0.3, 0.4) is 0 Å². The summed E-state index contributed by atoms with van der Waals surface area (Å²) in [5.74, 6) is 0. The minimum atomic E-state index is 0.943. The van der Waals surface area contributed by atoms with Gasteiger partial charge in [0.25, 0.3) is 0 Å². The number of aromatic nitrogens is 4. The van der Waals surface area contributed by atoms with Crippen LogP contribution in [-0.2, 0) is 0 Å². The Balaban J connectivity index is 0.000000145. The summed E-state index contributed by atoms with van der Waals surface area (Å²) in [5, 5.41) is 15.4. The molecule has 18 aromatic rings. The lowest BCUT2D eigenvalue weighted by molar-refractivity contribution is 1.32. The van der Waals surface area contributed by atoms with Crippen molar-refractivity contribution < 1.29 is 0 Å². The van der Waals surface area contributed by atoms with Gasteiger partial charge < -0.3 is 0 Å². The molecule has 4 heterocycles. The summed E-state index contributed by atoms with van der Waals surface area (Å²) >= 11 is 0. The standard InChI is InChI=1S/2C46H30N2/c1-3-15-39(37(13-1)31-21-22-45-43-19-6-5-17-41(43)42-18-7-8-20-44(42)46(45)28-31)40-16-4-2-14-38(40)36-26-34(32-11-9-23-47-29-32)25-35(27-36)33-12-10-24-48-30-33;1-3-15-38(36(13-1)31-22-23-44-42-19-6-5-17-40(42)41-18-7-8-20-43(41)45(44)29-31)39-16-4-2-14-37(39)34-26-33(32-12-11-24-47-30-32)27-35(28-34)46-21-9-10-25-48-46/h2*1-30H. The number of hydrogen-bond acceptors (Lipinski definition) is 4. The average molecular weight is 1220 g/mol. The highest BCUT2D eigenvalue weighted by Gasteiger charge is 2.20. The summed E-state index contributed by atoms with van der Waals surface area (Å²) in [4.78, 5) is 18.0. The summed E-state index contributed by atoms with van der Waals surface area (Å²) in [6, 6.07) is 116. The molecule has 0 N–H and O–H groups in total. The summed E-state index contributed by atoms with van der Waals surface area (Å²) in [7, 11) is 0. The Labute approximate surface area is 557 Å². The van der Waals surface area contributed by atoms with Crippen LogP contribution in [0.2, 0.25) is 0 Å². The minimum absolute atomic E-state index is 0.943. The third kappa shape index (κ3) is 10.7. The first-order valence-corrected chi connectivity index (χ1v) is 32.6. The van der Waals surface area contributed by atoms with Crippen molar-refractivity contribution in [1.29, 1.82) is 0 Å². The molecule has 0 amide bonds. The molecule has 0 unspecified atom stereocenters. The predicted molar refractivity (Wildman–Crippen MR) is 403 cm³/mol. The van der Waals surface area contributed by atoms with Crippen molar-refractivity contribution in [3.05, 3.63) is 365 Å². The highest BCUT2D eigenvalue weighted by atomic mass is 14.7. The second kappa shape index (κ2) is 25.0. The number of fused-ring (bicyclic) bond motifs is 12. The fourth-order valence-electron chi connectivity index (χ4n) is 14.4. The molecule has 0 fully saturated rings. The van der Waals surface area contributed by atoms with Gasteiger partial charge in [0.05, 0.1) is 5.69 Å². The molecular weight excluding hydrogens is 1160 g/mol. The van der Waals surface area contributed by atoms with Crippen LogP contribution < -0.4 is 0 Å². The van der Waals surface area contributed by atoms with Gasteiger partial charge in [-0.3, -0.25) is 19.9 Å². The number of rotatable bonds is 10. The second-order valence-corrected chi connectivity index (χ2v) is 24.4. The number of pyridine rings is 4. The molecule has 4 heteroatoms. The lowest BCUT2D eigenvalue weighted by Gasteiger charge is -2.17. The van der Waals surface area contributed by atoms with Crippen LogP contribution in [0.5, 0.6) is 0 Å². The van der Waals surface area contributed by atoms with E-state index in [0.29, 0.717) is 0 Å². The van der Waals surface area contributed by atoms with E-state index in [-0.39, 0.29) is 0 Å². The van der Waals surface area contributed by atoms with Crippen molar-refractivity contribution in [2.75, 3.05) is 0 Å². The molecule has 0 bridgehead atoms. The Kier molecular flexibility index (Phi) is 14.9. The van der Waals surface area contributed by atoms with Gasteiger partial charge in [0.2, 0.25) is 0 Å². The SMILES string of the molecule is c1ccc(-c2cc(-c3cccnc3)cc(-c3ccccc3-c3ccccc3-c3ccc4c5ccccc5c5ccccc5c4c3)c2)nc1.c1cncc(-c2cc(-c3cccnc3)cc(-c3ccccc3-c3ccccc3-c3ccc4c5ccccc5c5ccccc5c4c3)c2)c1. The Morgan fingerprint density at radius 2 is 0.417 bits per heavy atom. The molecule has 0 saturated carbocycles. The zero-order chi connectivity index (χ0) is 63.7. The van der Waals surface area contributed by atoms with Gasteiger partial charge in [-0.05, 0) is 227 Å². The van der Waals surface area contributed by atoms with Crippen molar-refractivity contribution in [3.8, 4) is 111 Å². The second-order valence-electron chi connectivity index (χ2n) is 24.4. The Morgan fingerprint density at radius 3 is 0.740 bits per heavy atom. The van der Waals surface area contributed by atoms with E-state index in [4.69, 9.17) is 4.98 Å². The molecule has 0 saturated heterocycles. The van der Waals surface area contributed by atoms with E-state index >= 15 is 0 Å². The summed E-state index contributed by atoms with van der Waals surface area (Å²) in [5.41, 5.74) is 22.8. The van der Waals surface area contributed by atoms with Crippen LogP contribution in [0.4, 0.5) is 0 Å². The van der Waals surface area contributed by atoms with E-state index in [2.05, 4.69) is 306 Å². The van der Waals surface area contributed by atoms with Crippen LogP contribution in [-0.4, -0.2) is 19.9 Å². The monoisotopic (exact) mass is 1220 g/mol. The first-order chi connectivity index (χ1) is 47.6. The number of nitrogens with zero attached hydrogens (tertiary/aromatic N) is 4. The first-order valence-electron chi connectivity index (χ1n) is 32.6. The van der Waals surface area contributed by atoms with Crippen LogP contribution in [0.15, 0.2) is 365 Å². The zero-order valence-electron chi connectivity index (χ0n) is 52.4. The van der Waals surface area contributed by atoms with Crippen molar-refractivity contribution >= 4 is 64.6 Å². The lowest BCUT2D eigenvalue weighted by atomic mass is 9.86. The molecule has 448 valence electrons. The Morgan fingerprint density at radius 1 is 0.146 bits per heavy atom. The van der Waals surface area contributed by atoms with E-state index in [1.54, 1.807) is 0 Å². The third-order valence-electron chi connectivity index (χ3n) is 18.8. The zero-order valence-corrected chi connectivity index (χ0v) is 52.4. The maximum atomic E-state index is 4.70. The molecular formula is C92H60N4. The molecule has 96 heavy (non-hydrogen) atoms. The van der Waals surface area contributed by atoms with Crippen molar-refractivity contribution in [1.82, 2.24) is 19.9 Å². The summed E-state index contributed by atoms with van der Waals surface area (Å²) in [6.07, 6.45) is 13.1. The Hall–Kier alpha value is -12.8. The number of benzene rings is 14. The van der Waals surface area contributed by atoms with E-state index in [0.717, 1.165) is 55.8 Å². The maximum Gasteiger partial charge on any atom is 0.0702 e. The highest BCUT2D eigenvalue weighted by Crippen LogP contribution is 2.46. The van der Waals surface area contributed by atoms with Crippen molar-refractivity contribution in [2.24, 2.45) is 0 Å². The molecule has 0 aliphatic rings. The predicted octanol–water partition coefficient (Wildman–Crippen LogP) is 24.5. The Bertz CT molecular complexity index is 5390. The largest absolute Gasteiger partial charge is 0.264 e. The fraction of sp³-hybridized carbons (Fsp3) is 0. The fourth-order valence-corrected chi connectivity index (χ4v) is 14.4. The molecule has 0 aliphatic carbocycles. The van der Waals surface area contributed by atoms with Gasteiger partial charge in [0.15, 0.2) is 0 Å². The highest BCUT2D eigenvalue weighted by molar-refractivity contribution is 6.27. The minimum Gasteiger partial charge on any atom is -0.264 e. The van der Waals surface area contributed by atoms with Gasteiger partial charge in [0, 0.05) is 65.6 Å². The lowest BCUT2D eigenvalue weighted by Crippen LogP contribution is -1.92. The molecule has 14 aromatic carbocycles. The maximum absolute atomic E-state index is 4.70. The van der Waals surface area contributed by atoms with Gasteiger partial charge in [0.1, 0.15) is 0 Å². The molecule has 0 atom stereocenters. The van der Waals surface area contributed by atoms with E-state index in [1.807, 2.05) is 73.7 Å². The molecule has 18 rings (SSSR count). The van der Waals surface area contributed by atoms with Gasteiger partial charge in [-0.1, -0.05) is 243 Å². The van der Waals surface area contributed by atoms with Gasteiger partial charge in [-0.2, -0.15) is 0 Å². The summed E-state index contributed by atoms with van der Waals surface area (Å²) < 4.78 is 0. The van der Waals surface area contributed by atoms with Crippen LogP contribution in [0.1, 0.15) is 0 Å². The van der Waals surface area contributed by atoms with Gasteiger partial charge >= 0.3 is 0 Å². The number of hydrogen-bond donors (Lipinski definition) is 0.